The quantitative estimate of drug-likeness (QED) is 0.719. The molecule has 14 heavy (non-hydrogen) atoms. The summed E-state index contributed by atoms with van der Waals surface area (Å²) in [7, 11) is 0. The largest absolute Gasteiger partial charge is 0.349 e. The van der Waals surface area contributed by atoms with Crippen molar-refractivity contribution >= 4 is 5.91 Å². The molecule has 1 aromatic rings. The van der Waals surface area contributed by atoms with Gasteiger partial charge in [0.15, 0.2) is 0 Å². The molecule has 1 rings (SSSR count). The molecule has 0 unspecified atom stereocenters. The Balaban J connectivity index is 2.78. The SMILES string of the molecule is C#CC[C@@H](NC(C)=O)c1ccccc1. The number of benzene rings is 1. The van der Waals surface area contributed by atoms with Crippen molar-refractivity contribution in [2.45, 2.75) is 19.4 Å². The molecule has 1 aromatic carbocycles. The maximum absolute atomic E-state index is 10.9. The van der Waals surface area contributed by atoms with Gasteiger partial charge in [0.25, 0.3) is 0 Å². The third-order valence-electron chi connectivity index (χ3n) is 1.90. The molecule has 0 aliphatic carbocycles. The predicted octanol–water partition coefficient (Wildman–Crippen LogP) is 1.89. The van der Waals surface area contributed by atoms with E-state index in [1.54, 1.807) is 0 Å². The predicted molar refractivity (Wildman–Crippen MR) is 56.4 cm³/mol. The van der Waals surface area contributed by atoms with E-state index in [0.717, 1.165) is 5.56 Å². The van der Waals surface area contributed by atoms with Gasteiger partial charge in [0.05, 0.1) is 6.04 Å². The lowest BCUT2D eigenvalue weighted by atomic mass is 10.0. The van der Waals surface area contributed by atoms with Crippen LogP contribution in [0.15, 0.2) is 30.3 Å². The standard InChI is InChI=1S/C12H13NO/c1-3-7-12(13-10(2)14)11-8-5-4-6-9-11/h1,4-6,8-9,12H,7H2,2H3,(H,13,14)/t12-/m1/s1. The van der Waals surface area contributed by atoms with Crippen LogP contribution in [0.4, 0.5) is 0 Å². The third kappa shape index (κ3) is 2.95. The molecular weight excluding hydrogens is 174 g/mol. The van der Waals surface area contributed by atoms with Crippen LogP contribution in [0.5, 0.6) is 0 Å². The summed E-state index contributed by atoms with van der Waals surface area (Å²) in [6, 6.07) is 9.64. The van der Waals surface area contributed by atoms with Gasteiger partial charge in [-0.3, -0.25) is 4.79 Å². The maximum atomic E-state index is 10.9. The van der Waals surface area contributed by atoms with Gasteiger partial charge in [-0.25, -0.2) is 0 Å². The Morgan fingerprint density at radius 1 is 1.50 bits per heavy atom. The summed E-state index contributed by atoms with van der Waals surface area (Å²) in [5.74, 6) is 2.50. The van der Waals surface area contributed by atoms with E-state index in [2.05, 4.69) is 11.2 Å². The fourth-order valence-electron chi connectivity index (χ4n) is 1.30. The van der Waals surface area contributed by atoms with Crippen molar-refractivity contribution in [1.29, 1.82) is 0 Å². The molecule has 0 fully saturated rings. The summed E-state index contributed by atoms with van der Waals surface area (Å²) in [4.78, 5) is 10.9. The lowest BCUT2D eigenvalue weighted by Gasteiger charge is -2.15. The summed E-state index contributed by atoms with van der Waals surface area (Å²) in [6.07, 6.45) is 5.76. The zero-order chi connectivity index (χ0) is 10.4. The lowest BCUT2D eigenvalue weighted by Crippen LogP contribution is -2.25. The third-order valence-corrected chi connectivity index (χ3v) is 1.90. The second kappa shape index (κ2) is 5.08. The van der Waals surface area contributed by atoms with Crippen molar-refractivity contribution < 1.29 is 4.79 Å². The smallest absolute Gasteiger partial charge is 0.217 e. The zero-order valence-corrected chi connectivity index (χ0v) is 8.16. The first kappa shape index (κ1) is 10.3. The van der Waals surface area contributed by atoms with Crippen LogP contribution >= 0.6 is 0 Å². The van der Waals surface area contributed by atoms with Gasteiger partial charge in [-0.1, -0.05) is 30.3 Å². The fraction of sp³-hybridized carbons (Fsp3) is 0.250. The van der Waals surface area contributed by atoms with Crippen LogP contribution in [0.3, 0.4) is 0 Å². The van der Waals surface area contributed by atoms with Gasteiger partial charge in [0, 0.05) is 13.3 Å². The Hall–Kier alpha value is -1.75. The highest BCUT2D eigenvalue weighted by Crippen LogP contribution is 2.15. The lowest BCUT2D eigenvalue weighted by molar-refractivity contribution is -0.119. The van der Waals surface area contributed by atoms with Gasteiger partial charge in [0.1, 0.15) is 0 Å². The first-order chi connectivity index (χ1) is 6.74. The second-order valence-corrected chi connectivity index (χ2v) is 3.07. The minimum Gasteiger partial charge on any atom is -0.349 e. The maximum Gasteiger partial charge on any atom is 0.217 e. The molecule has 0 saturated heterocycles. The van der Waals surface area contributed by atoms with Crippen LogP contribution in [0.25, 0.3) is 0 Å². The number of hydrogen-bond donors (Lipinski definition) is 1. The molecule has 0 radical (unpaired) electrons. The Morgan fingerprint density at radius 3 is 2.64 bits per heavy atom. The van der Waals surface area contributed by atoms with Gasteiger partial charge in [-0.05, 0) is 5.56 Å². The van der Waals surface area contributed by atoms with Crippen LogP contribution in [0, 0.1) is 12.3 Å². The first-order valence-electron chi connectivity index (χ1n) is 4.49. The number of terminal acetylenes is 1. The highest BCUT2D eigenvalue weighted by Gasteiger charge is 2.09. The molecule has 0 aromatic heterocycles. The van der Waals surface area contributed by atoms with E-state index in [-0.39, 0.29) is 11.9 Å². The number of carbonyl (C=O) groups excluding carboxylic acids is 1. The molecule has 0 heterocycles. The monoisotopic (exact) mass is 187 g/mol. The Labute approximate surface area is 84.3 Å². The molecule has 72 valence electrons. The zero-order valence-electron chi connectivity index (χ0n) is 8.16. The van der Waals surface area contributed by atoms with Crippen LogP contribution in [-0.4, -0.2) is 5.91 Å². The second-order valence-electron chi connectivity index (χ2n) is 3.07. The number of carbonyl (C=O) groups is 1. The van der Waals surface area contributed by atoms with Crippen LogP contribution in [0.2, 0.25) is 0 Å². The fourth-order valence-corrected chi connectivity index (χ4v) is 1.30. The van der Waals surface area contributed by atoms with Crippen molar-refractivity contribution in [3.63, 3.8) is 0 Å². The highest BCUT2D eigenvalue weighted by atomic mass is 16.1. The van der Waals surface area contributed by atoms with Crippen molar-refractivity contribution in [3.05, 3.63) is 35.9 Å². The average Bonchev–Trinajstić information content (AvgIpc) is 2.18. The van der Waals surface area contributed by atoms with Gasteiger partial charge >= 0.3 is 0 Å². The molecule has 1 N–H and O–H groups in total. The number of nitrogens with one attached hydrogen (secondary N) is 1. The highest BCUT2D eigenvalue weighted by molar-refractivity contribution is 5.73. The summed E-state index contributed by atoms with van der Waals surface area (Å²) >= 11 is 0. The van der Waals surface area contributed by atoms with Crippen LogP contribution < -0.4 is 5.32 Å². The first-order valence-corrected chi connectivity index (χ1v) is 4.49. The molecular formula is C12H13NO. The van der Waals surface area contributed by atoms with E-state index in [1.807, 2.05) is 30.3 Å². The van der Waals surface area contributed by atoms with Crippen molar-refractivity contribution in [3.8, 4) is 12.3 Å². The summed E-state index contributed by atoms with van der Waals surface area (Å²) in [5.41, 5.74) is 1.04. The molecule has 2 nitrogen and oxygen atoms in total. The van der Waals surface area contributed by atoms with E-state index in [0.29, 0.717) is 6.42 Å². The molecule has 1 atom stereocenters. The summed E-state index contributed by atoms with van der Waals surface area (Å²) in [5, 5.41) is 2.82. The summed E-state index contributed by atoms with van der Waals surface area (Å²) in [6.45, 7) is 1.49. The summed E-state index contributed by atoms with van der Waals surface area (Å²) < 4.78 is 0. The number of rotatable bonds is 3. The van der Waals surface area contributed by atoms with Crippen LogP contribution in [0.1, 0.15) is 24.9 Å². The topological polar surface area (TPSA) is 29.1 Å². The van der Waals surface area contributed by atoms with Gasteiger partial charge in [-0.2, -0.15) is 0 Å². The minimum atomic E-state index is -0.0706. The Bertz CT molecular complexity index is 337. The normalized spacial score (nSPS) is 11.4. The van der Waals surface area contributed by atoms with Crippen molar-refractivity contribution in [2.75, 3.05) is 0 Å². The molecule has 0 aliphatic rings. The molecule has 0 saturated carbocycles. The number of hydrogen-bond acceptors (Lipinski definition) is 1. The molecule has 0 bridgehead atoms. The van der Waals surface area contributed by atoms with Crippen molar-refractivity contribution in [1.82, 2.24) is 5.32 Å². The van der Waals surface area contributed by atoms with Crippen LogP contribution in [-0.2, 0) is 4.79 Å². The molecule has 0 spiro atoms. The van der Waals surface area contributed by atoms with E-state index in [9.17, 15) is 4.79 Å². The van der Waals surface area contributed by atoms with Crippen molar-refractivity contribution in [2.24, 2.45) is 0 Å². The Kier molecular flexibility index (Phi) is 3.75. The molecule has 2 heteroatoms. The number of amides is 1. The average molecular weight is 187 g/mol. The van der Waals surface area contributed by atoms with E-state index in [1.165, 1.54) is 6.92 Å². The van der Waals surface area contributed by atoms with E-state index >= 15 is 0 Å². The minimum absolute atomic E-state index is 0.0610. The van der Waals surface area contributed by atoms with E-state index < -0.39 is 0 Å². The molecule has 1 amide bonds. The van der Waals surface area contributed by atoms with Gasteiger partial charge in [-0.15, -0.1) is 12.3 Å². The van der Waals surface area contributed by atoms with E-state index in [4.69, 9.17) is 6.42 Å². The molecule has 0 aliphatic heterocycles. The van der Waals surface area contributed by atoms with Gasteiger partial charge < -0.3 is 5.32 Å². The van der Waals surface area contributed by atoms with Gasteiger partial charge in [0.2, 0.25) is 5.91 Å². The Morgan fingerprint density at radius 2 is 2.14 bits per heavy atom.